The summed E-state index contributed by atoms with van der Waals surface area (Å²) in [6, 6.07) is 14.8. The van der Waals surface area contributed by atoms with E-state index in [-0.39, 0.29) is 18.7 Å². The number of carbonyl (C=O) groups excluding carboxylic acids is 1. The van der Waals surface area contributed by atoms with E-state index in [1.54, 1.807) is 29.6 Å². The molecular weight excluding hydrogens is 412 g/mol. The summed E-state index contributed by atoms with van der Waals surface area (Å²) in [6.07, 6.45) is 0. The molecule has 0 aliphatic carbocycles. The fourth-order valence-corrected chi connectivity index (χ4v) is 3.42. The van der Waals surface area contributed by atoms with Crippen LogP contribution in [0.15, 0.2) is 53.3 Å². The first kappa shape index (κ1) is 19.5. The second-order valence-corrected chi connectivity index (χ2v) is 7.30. The average molecular weight is 430 g/mol. The van der Waals surface area contributed by atoms with E-state index in [2.05, 4.69) is 25.6 Å². The molecule has 3 heterocycles. The minimum atomic E-state index is -0.552. The lowest BCUT2D eigenvalue weighted by molar-refractivity contribution is -0.146. The lowest BCUT2D eigenvalue weighted by atomic mass is 10.1. The third kappa shape index (κ3) is 3.39. The highest BCUT2D eigenvalue weighted by molar-refractivity contribution is 5.80. The van der Waals surface area contributed by atoms with Gasteiger partial charge >= 0.3 is 5.97 Å². The number of nitrogens with zero attached hydrogens (tertiary/aromatic N) is 8. The summed E-state index contributed by atoms with van der Waals surface area (Å²) in [7, 11) is 1.62. The molecule has 0 aliphatic rings. The van der Waals surface area contributed by atoms with E-state index < -0.39 is 5.97 Å². The highest BCUT2D eigenvalue weighted by Crippen LogP contribution is 2.15. The predicted octanol–water partition coefficient (Wildman–Crippen LogP) is 1.29. The number of rotatable bonds is 5. The molecule has 0 saturated heterocycles. The van der Waals surface area contributed by atoms with Crippen LogP contribution in [0.5, 0.6) is 0 Å². The lowest BCUT2D eigenvalue weighted by Gasteiger charge is -2.08. The Kier molecular flexibility index (Phi) is 4.70. The molecule has 2 aromatic carbocycles. The van der Waals surface area contributed by atoms with Crippen molar-refractivity contribution in [2.24, 2.45) is 7.05 Å². The van der Waals surface area contributed by atoms with E-state index in [4.69, 9.17) is 4.74 Å². The molecule has 32 heavy (non-hydrogen) atoms. The van der Waals surface area contributed by atoms with Crippen molar-refractivity contribution in [1.29, 1.82) is 0 Å². The van der Waals surface area contributed by atoms with Gasteiger partial charge < -0.3 is 4.74 Å². The number of carbonyl (C=O) groups is 1. The van der Waals surface area contributed by atoms with Crippen LogP contribution in [0.1, 0.15) is 11.4 Å². The maximum Gasteiger partial charge on any atom is 0.330 e. The standard InChI is InChI=1S/C21H18N8O3/c1-13-7-9-14(10-8-13)19-23-26-28(25-19)11-18(30)32-12-17-22-24-21-27(2)20(31)15-5-3-4-6-16(15)29(17)21/h3-10H,11-12H2,1-2H3. The average Bonchev–Trinajstić information content (AvgIpc) is 3.44. The number of aromatic nitrogens is 8. The van der Waals surface area contributed by atoms with Gasteiger partial charge in [-0.1, -0.05) is 42.0 Å². The number of hydrogen-bond donors (Lipinski definition) is 0. The maximum absolute atomic E-state index is 12.5. The predicted molar refractivity (Wildman–Crippen MR) is 114 cm³/mol. The molecule has 0 spiro atoms. The van der Waals surface area contributed by atoms with Gasteiger partial charge in [0.25, 0.3) is 5.56 Å². The van der Waals surface area contributed by atoms with Gasteiger partial charge in [-0.25, -0.2) is 4.79 Å². The molecule has 0 N–H and O–H groups in total. The molecule has 160 valence electrons. The summed E-state index contributed by atoms with van der Waals surface area (Å²) in [5, 5.41) is 20.8. The number of para-hydroxylation sites is 1. The van der Waals surface area contributed by atoms with E-state index in [1.807, 2.05) is 37.3 Å². The molecule has 0 aliphatic heterocycles. The Balaban J connectivity index is 1.34. The molecule has 11 nitrogen and oxygen atoms in total. The fraction of sp³-hybridized carbons (Fsp3) is 0.190. The van der Waals surface area contributed by atoms with E-state index in [9.17, 15) is 9.59 Å². The zero-order valence-electron chi connectivity index (χ0n) is 17.3. The molecule has 0 unspecified atom stereocenters. The largest absolute Gasteiger partial charge is 0.456 e. The molecule has 3 aromatic heterocycles. The molecule has 5 aromatic rings. The number of fused-ring (bicyclic) bond motifs is 3. The van der Waals surface area contributed by atoms with Gasteiger partial charge in [0.05, 0.1) is 10.9 Å². The van der Waals surface area contributed by atoms with Crippen LogP contribution in [0.4, 0.5) is 0 Å². The van der Waals surface area contributed by atoms with Crippen molar-refractivity contribution < 1.29 is 9.53 Å². The van der Waals surface area contributed by atoms with Crippen LogP contribution >= 0.6 is 0 Å². The normalized spacial score (nSPS) is 11.3. The molecule has 0 atom stereocenters. The molecule has 11 heteroatoms. The van der Waals surface area contributed by atoms with Crippen molar-refractivity contribution in [2.45, 2.75) is 20.1 Å². The molecule has 0 fully saturated rings. The van der Waals surface area contributed by atoms with Crippen molar-refractivity contribution in [1.82, 2.24) is 39.4 Å². The first-order chi connectivity index (χ1) is 15.5. The SMILES string of the molecule is Cc1ccc(-c2nnn(CC(=O)OCc3nnc4n(C)c(=O)c5ccccc5n34)n2)cc1. The maximum atomic E-state index is 12.5. The van der Waals surface area contributed by atoms with Crippen molar-refractivity contribution in [3.63, 3.8) is 0 Å². The van der Waals surface area contributed by atoms with E-state index in [1.165, 1.54) is 9.36 Å². The van der Waals surface area contributed by atoms with Gasteiger partial charge in [0.2, 0.25) is 11.6 Å². The summed E-state index contributed by atoms with van der Waals surface area (Å²) in [6.45, 7) is 1.67. The quantitative estimate of drug-likeness (QED) is 0.382. The van der Waals surface area contributed by atoms with Crippen LogP contribution in [0.25, 0.3) is 28.1 Å². The van der Waals surface area contributed by atoms with E-state index >= 15 is 0 Å². The Hall–Kier alpha value is -4.41. The number of esters is 1. The number of hydrogen-bond acceptors (Lipinski definition) is 8. The van der Waals surface area contributed by atoms with Gasteiger partial charge in [-0.2, -0.15) is 4.80 Å². The number of benzene rings is 2. The smallest absolute Gasteiger partial charge is 0.330 e. The van der Waals surface area contributed by atoms with Crippen LogP contribution in [0.3, 0.4) is 0 Å². The highest BCUT2D eigenvalue weighted by atomic mass is 16.5. The van der Waals surface area contributed by atoms with Gasteiger partial charge in [0.15, 0.2) is 19.0 Å². The van der Waals surface area contributed by atoms with Crippen LogP contribution < -0.4 is 5.56 Å². The van der Waals surface area contributed by atoms with Gasteiger partial charge in [-0.3, -0.25) is 13.8 Å². The van der Waals surface area contributed by atoms with Gasteiger partial charge in [-0.05, 0) is 24.3 Å². The van der Waals surface area contributed by atoms with Crippen molar-refractivity contribution in [3.05, 3.63) is 70.3 Å². The van der Waals surface area contributed by atoms with Gasteiger partial charge in [-0.15, -0.1) is 20.4 Å². The van der Waals surface area contributed by atoms with Gasteiger partial charge in [0.1, 0.15) is 0 Å². The lowest BCUT2D eigenvalue weighted by Crippen LogP contribution is -2.21. The topological polar surface area (TPSA) is 122 Å². The van der Waals surface area contributed by atoms with Crippen LogP contribution in [-0.2, 0) is 29.7 Å². The van der Waals surface area contributed by atoms with Crippen LogP contribution in [-0.4, -0.2) is 45.3 Å². The zero-order chi connectivity index (χ0) is 22.2. The molecular formula is C21H18N8O3. The highest BCUT2D eigenvalue weighted by Gasteiger charge is 2.16. The van der Waals surface area contributed by atoms with Crippen molar-refractivity contribution in [3.8, 4) is 11.4 Å². The molecule has 0 bridgehead atoms. The summed E-state index contributed by atoms with van der Waals surface area (Å²) in [4.78, 5) is 26.1. The van der Waals surface area contributed by atoms with Crippen LogP contribution in [0, 0.1) is 6.92 Å². The number of aryl methyl sites for hydroxylation is 2. The monoisotopic (exact) mass is 430 g/mol. The summed E-state index contributed by atoms with van der Waals surface area (Å²) >= 11 is 0. The number of tetrazole rings is 1. The van der Waals surface area contributed by atoms with Crippen LogP contribution in [0.2, 0.25) is 0 Å². The molecule has 0 amide bonds. The second-order valence-electron chi connectivity index (χ2n) is 7.30. The first-order valence-corrected chi connectivity index (χ1v) is 9.83. The molecule has 5 rings (SSSR count). The third-order valence-corrected chi connectivity index (χ3v) is 5.09. The van der Waals surface area contributed by atoms with E-state index in [0.717, 1.165) is 11.1 Å². The number of ether oxygens (including phenoxy) is 1. The first-order valence-electron chi connectivity index (χ1n) is 9.83. The Labute approximate surface area is 180 Å². The fourth-order valence-electron chi connectivity index (χ4n) is 3.42. The molecule has 0 radical (unpaired) electrons. The zero-order valence-corrected chi connectivity index (χ0v) is 17.3. The third-order valence-electron chi connectivity index (χ3n) is 5.09. The minimum Gasteiger partial charge on any atom is -0.456 e. The summed E-state index contributed by atoms with van der Waals surface area (Å²) in [5.41, 5.74) is 2.40. The van der Waals surface area contributed by atoms with Crippen molar-refractivity contribution >= 4 is 22.6 Å². The Morgan fingerprint density at radius 3 is 2.62 bits per heavy atom. The Morgan fingerprint density at radius 1 is 1.03 bits per heavy atom. The van der Waals surface area contributed by atoms with Gasteiger partial charge in [0, 0.05) is 12.6 Å². The summed E-state index contributed by atoms with van der Waals surface area (Å²) < 4.78 is 8.48. The van der Waals surface area contributed by atoms with Crippen molar-refractivity contribution in [2.75, 3.05) is 0 Å². The Bertz CT molecular complexity index is 1510. The second kappa shape index (κ2) is 7.69. The Morgan fingerprint density at radius 2 is 1.81 bits per heavy atom. The minimum absolute atomic E-state index is 0.123. The molecule has 0 saturated carbocycles. The summed E-state index contributed by atoms with van der Waals surface area (Å²) in [5.74, 6) is 0.629. The van der Waals surface area contributed by atoms with E-state index in [0.29, 0.717) is 28.3 Å².